The molecule has 0 heterocycles. The number of hydrogen-bond acceptors (Lipinski definition) is 6. The summed E-state index contributed by atoms with van der Waals surface area (Å²) in [4.78, 5) is 10.8. The molecule has 104 valence electrons. The van der Waals surface area contributed by atoms with Gasteiger partial charge in [0.05, 0.1) is 21.3 Å². The second kappa shape index (κ2) is 6.48. The number of oxime groups is 1. The largest absolute Gasteiger partial charge is 0.493 e. The molecule has 19 heavy (non-hydrogen) atoms. The van der Waals surface area contributed by atoms with Gasteiger partial charge in [-0.1, -0.05) is 5.16 Å². The normalized spacial score (nSPS) is 11.0. The third-order valence-electron chi connectivity index (χ3n) is 2.46. The summed E-state index contributed by atoms with van der Waals surface area (Å²) in [6.07, 6.45) is -0.0669. The fraction of sp³-hybridized carbons (Fsp3) is 0.333. The van der Waals surface area contributed by atoms with E-state index in [1.54, 1.807) is 12.1 Å². The minimum absolute atomic E-state index is 0.0669. The standard InChI is InChI=1S/C12H15NO6/c1-17-9-5-7(4-8(13-16)12(14)15)6-10(18-2)11(9)19-3/h5-6,16H,4H2,1-3H3,(H,14,15)/b13-8-. The number of aliphatic carboxylic acids is 1. The number of carbonyl (C=O) groups is 1. The highest BCUT2D eigenvalue weighted by atomic mass is 16.5. The maximum atomic E-state index is 10.8. The van der Waals surface area contributed by atoms with Gasteiger partial charge in [-0.2, -0.15) is 0 Å². The third-order valence-corrected chi connectivity index (χ3v) is 2.46. The minimum atomic E-state index is -1.30. The van der Waals surface area contributed by atoms with Crippen LogP contribution in [0.1, 0.15) is 5.56 Å². The average molecular weight is 269 g/mol. The Morgan fingerprint density at radius 3 is 2.00 bits per heavy atom. The van der Waals surface area contributed by atoms with Crippen LogP contribution < -0.4 is 14.2 Å². The first-order valence-corrected chi connectivity index (χ1v) is 5.30. The topological polar surface area (TPSA) is 97.6 Å². The van der Waals surface area contributed by atoms with E-state index in [1.165, 1.54) is 21.3 Å². The highest BCUT2D eigenvalue weighted by molar-refractivity contribution is 6.35. The van der Waals surface area contributed by atoms with Crippen LogP contribution >= 0.6 is 0 Å². The number of ether oxygens (including phenoxy) is 3. The van der Waals surface area contributed by atoms with Crippen molar-refractivity contribution in [1.82, 2.24) is 0 Å². The van der Waals surface area contributed by atoms with Crippen molar-refractivity contribution in [3.05, 3.63) is 17.7 Å². The minimum Gasteiger partial charge on any atom is -0.493 e. The van der Waals surface area contributed by atoms with Crippen molar-refractivity contribution in [2.75, 3.05) is 21.3 Å². The molecule has 0 saturated carbocycles. The molecule has 0 aliphatic carbocycles. The summed E-state index contributed by atoms with van der Waals surface area (Å²) in [5.41, 5.74) is 0.180. The second-order valence-corrected chi connectivity index (χ2v) is 3.56. The van der Waals surface area contributed by atoms with E-state index in [1.807, 2.05) is 0 Å². The smallest absolute Gasteiger partial charge is 0.354 e. The van der Waals surface area contributed by atoms with Gasteiger partial charge in [-0.25, -0.2) is 4.79 Å². The molecular formula is C12H15NO6. The fourth-order valence-electron chi connectivity index (χ4n) is 1.58. The highest BCUT2D eigenvalue weighted by Gasteiger charge is 2.17. The Kier molecular flexibility index (Phi) is 4.99. The number of carboxylic acids is 1. The van der Waals surface area contributed by atoms with Crippen LogP contribution in [0.4, 0.5) is 0 Å². The van der Waals surface area contributed by atoms with Crippen molar-refractivity contribution < 1.29 is 29.3 Å². The molecule has 0 aromatic heterocycles. The van der Waals surface area contributed by atoms with E-state index >= 15 is 0 Å². The Morgan fingerprint density at radius 1 is 1.16 bits per heavy atom. The van der Waals surface area contributed by atoms with Crippen LogP contribution in [0, 0.1) is 0 Å². The Balaban J connectivity index is 3.20. The number of methoxy groups -OCH3 is 3. The average Bonchev–Trinajstić information content (AvgIpc) is 2.42. The van der Waals surface area contributed by atoms with Crippen molar-refractivity contribution in [3.8, 4) is 17.2 Å². The SMILES string of the molecule is COc1cc(C/C(=N/O)C(=O)O)cc(OC)c1OC. The molecular weight excluding hydrogens is 254 g/mol. The molecule has 0 bridgehead atoms. The monoisotopic (exact) mass is 269 g/mol. The van der Waals surface area contributed by atoms with Gasteiger partial charge < -0.3 is 24.5 Å². The number of hydrogen-bond donors (Lipinski definition) is 2. The summed E-state index contributed by atoms with van der Waals surface area (Å²) in [6.45, 7) is 0. The van der Waals surface area contributed by atoms with Crippen LogP contribution in [0.3, 0.4) is 0 Å². The lowest BCUT2D eigenvalue weighted by atomic mass is 10.1. The summed E-state index contributed by atoms with van der Waals surface area (Å²) in [5, 5.41) is 20.2. The van der Waals surface area contributed by atoms with Crippen LogP contribution in [-0.2, 0) is 11.2 Å². The molecule has 0 atom stereocenters. The number of carboxylic acid groups (broad SMARTS) is 1. The first kappa shape index (κ1) is 14.6. The lowest BCUT2D eigenvalue weighted by Gasteiger charge is -2.13. The lowest BCUT2D eigenvalue weighted by Crippen LogP contribution is -2.16. The molecule has 1 aromatic rings. The van der Waals surface area contributed by atoms with E-state index < -0.39 is 5.97 Å². The molecule has 0 amide bonds. The molecule has 0 unspecified atom stereocenters. The second-order valence-electron chi connectivity index (χ2n) is 3.56. The molecule has 0 aliphatic heterocycles. The Hall–Kier alpha value is -2.44. The third kappa shape index (κ3) is 3.27. The first-order chi connectivity index (χ1) is 9.07. The predicted octanol–water partition coefficient (Wildman–Crippen LogP) is 1.17. The summed E-state index contributed by atoms with van der Waals surface area (Å²) in [7, 11) is 4.39. The molecule has 2 N–H and O–H groups in total. The van der Waals surface area contributed by atoms with Gasteiger partial charge in [-0.15, -0.1) is 0 Å². The predicted molar refractivity (Wildman–Crippen MR) is 66.7 cm³/mol. The molecule has 1 rings (SSSR count). The van der Waals surface area contributed by atoms with E-state index in [0.29, 0.717) is 22.8 Å². The molecule has 0 radical (unpaired) electrons. The lowest BCUT2D eigenvalue weighted by molar-refractivity contribution is -0.129. The van der Waals surface area contributed by atoms with Crippen LogP contribution in [0.2, 0.25) is 0 Å². The summed E-state index contributed by atoms with van der Waals surface area (Å²) in [6, 6.07) is 3.19. The Labute approximate surface area is 110 Å². The molecule has 7 nitrogen and oxygen atoms in total. The van der Waals surface area contributed by atoms with Crippen molar-refractivity contribution in [3.63, 3.8) is 0 Å². The van der Waals surface area contributed by atoms with Gasteiger partial charge in [0.15, 0.2) is 17.2 Å². The van der Waals surface area contributed by atoms with E-state index in [9.17, 15) is 4.79 Å². The quantitative estimate of drug-likeness (QED) is 0.457. The highest BCUT2D eigenvalue weighted by Crippen LogP contribution is 2.38. The van der Waals surface area contributed by atoms with Crippen LogP contribution in [0.15, 0.2) is 17.3 Å². The molecule has 7 heteroatoms. The summed E-state index contributed by atoms with van der Waals surface area (Å²) in [5.74, 6) is -0.0816. The van der Waals surface area contributed by atoms with Crippen molar-refractivity contribution in [2.45, 2.75) is 6.42 Å². The Bertz CT molecular complexity index is 472. The van der Waals surface area contributed by atoms with Gasteiger partial charge in [0.25, 0.3) is 0 Å². The van der Waals surface area contributed by atoms with Crippen molar-refractivity contribution in [2.24, 2.45) is 5.16 Å². The van der Waals surface area contributed by atoms with E-state index in [2.05, 4.69) is 5.16 Å². The Morgan fingerprint density at radius 2 is 1.68 bits per heavy atom. The van der Waals surface area contributed by atoms with Crippen LogP contribution in [-0.4, -0.2) is 43.3 Å². The van der Waals surface area contributed by atoms with E-state index in [-0.39, 0.29) is 12.1 Å². The van der Waals surface area contributed by atoms with Crippen molar-refractivity contribution in [1.29, 1.82) is 0 Å². The molecule has 0 aliphatic rings. The summed E-state index contributed by atoms with van der Waals surface area (Å²) >= 11 is 0. The molecule has 0 saturated heterocycles. The van der Waals surface area contributed by atoms with Gasteiger partial charge in [0, 0.05) is 6.42 Å². The van der Waals surface area contributed by atoms with E-state index in [0.717, 1.165) is 0 Å². The summed E-state index contributed by atoms with van der Waals surface area (Å²) < 4.78 is 15.4. The molecule has 0 fully saturated rings. The number of nitrogens with zero attached hydrogens (tertiary/aromatic N) is 1. The van der Waals surface area contributed by atoms with Gasteiger partial charge >= 0.3 is 5.97 Å². The first-order valence-electron chi connectivity index (χ1n) is 5.30. The zero-order chi connectivity index (χ0) is 14.4. The van der Waals surface area contributed by atoms with Gasteiger partial charge in [0.1, 0.15) is 0 Å². The maximum absolute atomic E-state index is 10.8. The van der Waals surface area contributed by atoms with Gasteiger partial charge in [-0.3, -0.25) is 0 Å². The molecule has 0 spiro atoms. The fourth-order valence-corrected chi connectivity index (χ4v) is 1.58. The number of benzene rings is 1. The maximum Gasteiger partial charge on any atom is 0.354 e. The van der Waals surface area contributed by atoms with Crippen LogP contribution in [0.25, 0.3) is 0 Å². The van der Waals surface area contributed by atoms with Gasteiger partial charge in [0.2, 0.25) is 5.75 Å². The van der Waals surface area contributed by atoms with Crippen LogP contribution in [0.5, 0.6) is 17.2 Å². The van der Waals surface area contributed by atoms with Gasteiger partial charge in [-0.05, 0) is 17.7 Å². The zero-order valence-corrected chi connectivity index (χ0v) is 10.8. The zero-order valence-electron chi connectivity index (χ0n) is 10.8. The van der Waals surface area contributed by atoms with Crippen molar-refractivity contribution >= 4 is 11.7 Å². The molecule has 1 aromatic carbocycles. The van der Waals surface area contributed by atoms with E-state index in [4.69, 9.17) is 24.5 Å². The number of rotatable bonds is 6.